The first-order valence-electron chi connectivity index (χ1n) is 22.8. The van der Waals surface area contributed by atoms with Crippen LogP contribution in [0.15, 0.2) is 95.2 Å². The van der Waals surface area contributed by atoms with Gasteiger partial charge >= 0.3 is 12.5 Å². The van der Waals surface area contributed by atoms with E-state index < -0.39 is 42.4 Å². The highest BCUT2D eigenvalue weighted by atomic mass is 19.4. The number of aliphatic imine (C=N–C) groups is 2. The Labute approximate surface area is 411 Å². The molecule has 0 radical (unpaired) electrons. The number of hydrogen-bond donors (Lipinski definition) is 4. The largest absolute Gasteiger partial charge is 0.573 e. The molecule has 4 atom stereocenters. The Kier molecular flexibility index (Phi) is 14.5. The Bertz CT molecular complexity index is 2900. The molecule has 0 saturated heterocycles. The Morgan fingerprint density at radius 1 is 0.708 bits per heavy atom. The lowest BCUT2D eigenvalue weighted by molar-refractivity contribution is -0.274. The number of alkyl halides is 3. The molecule has 5 amide bonds. The van der Waals surface area contributed by atoms with Crippen LogP contribution in [0.4, 0.5) is 35.0 Å². The molecule has 4 aliphatic heterocycles. The van der Waals surface area contributed by atoms with Gasteiger partial charge in [-0.1, -0.05) is 38.1 Å². The van der Waals surface area contributed by atoms with Crippen LogP contribution in [0.25, 0.3) is 11.1 Å². The fourth-order valence-corrected chi connectivity index (χ4v) is 8.49. The van der Waals surface area contributed by atoms with Gasteiger partial charge in [-0.25, -0.2) is 4.79 Å². The SMILES string of the molecule is COc1cc2c(cc1OCCCOc1cc3c(cc1OC)C(=O)N1C=C(c4ccc(OC(F)(F)F)cc4)C[C@H]1C=N3)N=C[C@@H]1CC(c3ccc(NC(=O)[C@H](C)NC(=O)[C@@H](NC(=O)O)C(C)C)cc3)=CN1C2=O. The number of ether oxygens (including phenoxy) is 5. The minimum atomic E-state index is -4.81. The number of carbonyl (C=O) groups is 5. The zero-order chi connectivity index (χ0) is 51.4. The number of rotatable bonds is 17. The summed E-state index contributed by atoms with van der Waals surface area (Å²) in [5.41, 5.74) is 4.94. The second-order valence-corrected chi connectivity index (χ2v) is 17.5. The molecule has 0 spiro atoms. The molecule has 0 unspecified atom stereocenters. The minimum Gasteiger partial charge on any atom is -0.493 e. The average molecular weight is 994 g/mol. The second kappa shape index (κ2) is 20.9. The van der Waals surface area contributed by atoms with Gasteiger partial charge in [0.2, 0.25) is 11.8 Å². The summed E-state index contributed by atoms with van der Waals surface area (Å²) in [5, 5.41) is 16.6. The normalized spacial score (nSPS) is 17.5. The fraction of sp³-hybridized carbons (Fsp3) is 0.314. The van der Waals surface area contributed by atoms with Crippen LogP contribution in [-0.4, -0.2) is 115 Å². The first-order chi connectivity index (χ1) is 34.4. The molecule has 376 valence electrons. The van der Waals surface area contributed by atoms with E-state index in [1.165, 1.54) is 50.3 Å². The number of amides is 5. The van der Waals surface area contributed by atoms with E-state index in [9.17, 15) is 37.1 Å². The third kappa shape index (κ3) is 11.1. The monoisotopic (exact) mass is 993 g/mol. The molecule has 8 rings (SSSR count). The zero-order valence-corrected chi connectivity index (χ0v) is 39.6. The summed E-state index contributed by atoms with van der Waals surface area (Å²) in [6.07, 6.45) is 1.95. The number of hydrogen-bond acceptors (Lipinski definition) is 12. The van der Waals surface area contributed by atoms with Crippen LogP contribution < -0.4 is 39.6 Å². The first-order valence-corrected chi connectivity index (χ1v) is 22.8. The van der Waals surface area contributed by atoms with Crippen molar-refractivity contribution in [3.63, 3.8) is 0 Å². The zero-order valence-electron chi connectivity index (χ0n) is 39.6. The number of carboxylic acid groups (broad SMARTS) is 1. The van der Waals surface area contributed by atoms with E-state index in [-0.39, 0.29) is 48.3 Å². The predicted octanol–water partition coefficient (Wildman–Crippen LogP) is 8.13. The molecule has 4 aromatic carbocycles. The predicted molar refractivity (Wildman–Crippen MR) is 259 cm³/mol. The maximum atomic E-state index is 14.0. The summed E-state index contributed by atoms with van der Waals surface area (Å²) in [6, 6.07) is 16.2. The third-order valence-corrected chi connectivity index (χ3v) is 12.2. The van der Waals surface area contributed by atoms with Crippen LogP contribution in [0.2, 0.25) is 0 Å². The van der Waals surface area contributed by atoms with Crippen molar-refractivity contribution in [2.75, 3.05) is 32.8 Å². The van der Waals surface area contributed by atoms with E-state index in [2.05, 4.69) is 30.7 Å². The molecule has 4 heterocycles. The van der Waals surface area contributed by atoms with Crippen molar-refractivity contribution >= 4 is 70.4 Å². The standard InChI is InChI=1S/C51H50F3N7O11/c1-27(2)45(59-50(66)67)47(63)57-28(3)46(62)58-33-11-7-29(8-12-33)31-17-34-23-55-39-21-43(41(68-4)19-37(39)48(64)60(34)25-31)70-15-6-16-71-44-22-40-38(20-42(44)69-5)49(65)61-26-32(18-35(61)24-56-40)30-9-13-36(14-10-30)72-51(52,53)54/h7-14,19-28,34-35,45,59H,6,15-18H2,1-5H3,(H,57,63)(H,58,62)(H,66,67)/t28-,34-,35-,45-/m0/s1. The van der Waals surface area contributed by atoms with Crippen LogP contribution in [-0.2, 0) is 9.59 Å². The number of benzene rings is 4. The Balaban J connectivity index is 0.850. The maximum absolute atomic E-state index is 14.0. The van der Waals surface area contributed by atoms with Gasteiger partial charge in [-0.3, -0.25) is 29.2 Å². The van der Waals surface area contributed by atoms with E-state index in [4.69, 9.17) is 24.1 Å². The fourth-order valence-electron chi connectivity index (χ4n) is 8.49. The molecule has 0 fully saturated rings. The molecule has 4 aliphatic rings. The van der Waals surface area contributed by atoms with Gasteiger partial charge in [-0.15, -0.1) is 13.2 Å². The lowest BCUT2D eigenvalue weighted by Gasteiger charge is -2.22. The van der Waals surface area contributed by atoms with Crippen molar-refractivity contribution in [2.45, 2.75) is 70.6 Å². The number of halogens is 3. The third-order valence-electron chi connectivity index (χ3n) is 12.2. The Morgan fingerprint density at radius 2 is 1.19 bits per heavy atom. The van der Waals surface area contributed by atoms with Crippen molar-refractivity contribution in [2.24, 2.45) is 15.9 Å². The lowest BCUT2D eigenvalue weighted by Crippen LogP contribution is -2.53. The topological polar surface area (TPSA) is 219 Å². The molecule has 0 aromatic heterocycles. The van der Waals surface area contributed by atoms with Crippen molar-refractivity contribution in [1.29, 1.82) is 0 Å². The van der Waals surface area contributed by atoms with Crippen LogP contribution in [0.5, 0.6) is 28.7 Å². The molecule has 21 heteroatoms. The van der Waals surface area contributed by atoms with Gasteiger partial charge in [0.25, 0.3) is 11.8 Å². The molecule has 0 aliphatic carbocycles. The first kappa shape index (κ1) is 50.0. The summed E-state index contributed by atoms with van der Waals surface area (Å²) in [6.45, 7) is 5.27. The number of fused-ring (bicyclic) bond motifs is 4. The van der Waals surface area contributed by atoms with E-state index >= 15 is 0 Å². The number of nitrogens with zero attached hydrogens (tertiary/aromatic N) is 4. The summed E-state index contributed by atoms with van der Waals surface area (Å²) < 4.78 is 65.4. The molecule has 4 N–H and O–H groups in total. The van der Waals surface area contributed by atoms with Crippen LogP contribution in [0, 0.1) is 5.92 Å². The number of methoxy groups -OCH3 is 2. The minimum absolute atomic E-state index is 0.195. The molecular formula is C51H50F3N7O11. The quantitative estimate of drug-likeness (QED) is 0.0740. The van der Waals surface area contributed by atoms with Gasteiger partial charge in [0, 0.05) is 61.9 Å². The summed E-state index contributed by atoms with van der Waals surface area (Å²) in [5.74, 6) is -1.04. The summed E-state index contributed by atoms with van der Waals surface area (Å²) in [4.78, 5) is 76.9. The molecule has 0 bridgehead atoms. The lowest BCUT2D eigenvalue weighted by atomic mass is 10.0. The molecule has 18 nitrogen and oxygen atoms in total. The van der Waals surface area contributed by atoms with Gasteiger partial charge in [0.15, 0.2) is 23.0 Å². The molecule has 4 aromatic rings. The summed E-state index contributed by atoms with van der Waals surface area (Å²) >= 11 is 0. The molecule has 72 heavy (non-hydrogen) atoms. The second-order valence-electron chi connectivity index (χ2n) is 17.5. The van der Waals surface area contributed by atoms with Crippen molar-refractivity contribution in [1.82, 2.24) is 20.4 Å². The van der Waals surface area contributed by atoms with E-state index in [1.54, 1.807) is 80.0 Å². The van der Waals surface area contributed by atoms with Crippen LogP contribution >= 0.6 is 0 Å². The van der Waals surface area contributed by atoms with E-state index in [1.807, 2.05) is 12.1 Å². The Hall–Kier alpha value is -8.36. The van der Waals surface area contributed by atoms with Gasteiger partial charge in [-0.05, 0) is 71.5 Å². The summed E-state index contributed by atoms with van der Waals surface area (Å²) in [7, 11) is 2.93. The van der Waals surface area contributed by atoms with Gasteiger partial charge in [0.05, 0.1) is 62.0 Å². The molecular weight excluding hydrogens is 944 g/mol. The van der Waals surface area contributed by atoms with Crippen LogP contribution in [0.3, 0.4) is 0 Å². The van der Waals surface area contributed by atoms with Crippen molar-refractivity contribution < 1.29 is 65.9 Å². The number of anilines is 1. The van der Waals surface area contributed by atoms with Gasteiger partial charge in [0.1, 0.15) is 17.8 Å². The molecule has 0 saturated carbocycles. The Morgan fingerprint density at radius 3 is 1.64 bits per heavy atom. The number of nitrogens with one attached hydrogen (secondary N) is 3. The highest BCUT2D eigenvalue weighted by molar-refractivity contribution is 6.07. The van der Waals surface area contributed by atoms with Gasteiger partial charge < -0.3 is 54.5 Å². The smallest absolute Gasteiger partial charge is 0.493 e. The van der Waals surface area contributed by atoms with E-state index in [0.29, 0.717) is 70.4 Å². The van der Waals surface area contributed by atoms with Crippen molar-refractivity contribution in [3.8, 4) is 28.7 Å². The number of carbonyl (C=O) groups excluding carboxylic acids is 4. The maximum Gasteiger partial charge on any atom is 0.573 e. The highest BCUT2D eigenvalue weighted by Crippen LogP contribution is 2.42. The average Bonchev–Trinajstić information content (AvgIpc) is 3.92. The highest BCUT2D eigenvalue weighted by Gasteiger charge is 2.36. The van der Waals surface area contributed by atoms with E-state index in [0.717, 1.165) is 16.7 Å². The van der Waals surface area contributed by atoms with Crippen molar-refractivity contribution in [3.05, 3.63) is 107 Å². The van der Waals surface area contributed by atoms with Gasteiger partial charge in [-0.2, -0.15) is 0 Å². The van der Waals surface area contributed by atoms with Crippen LogP contribution in [0.1, 0.15) is 71.9 Å².